The van der Waals surface area contributed by atoms with Crippen molar-refractivity contribution < 1.29 is 25.2 Å². The van der Waals surface area contributed by atoms with Gasteiger partial charge in [-0.25, -0.2) is 0 Å². The van der Waals surface area contributed by atoms with Gasteiger partial charge in [0.15, 0.2) is 0 Å². The van der Waals surface area contributed by atoms with Crippen molar-refractivity contribution in [1.29, 1.82) is 0 Å². The van der Waals surface area contributed by atoms with Crippen molar-refractivity contribution in [3.05, 3.63) is 55.7 Å². The highest BCUT2D eigenvalue weighted by molar-refractivity contribution is 7.12. The molecule has 0 radical (unpaired) electrons. The average Bonchev–Trinajstić information content (AvgIpc) is 3.11. The minimum Gasteiger partial charge on any atom is -0.394 e. The molecule has 152 valence electrons. The van der Waals surface area contributed by atoms with E-state index in [0.29, 0.717) is 17.0 Å². The molecule has 1 aliphatic heterocycles. The molecule has 7 heteroatoms. The highest BCUT2D eigenvalue weighted by Gasteiger charge is 2.44. The SMILES string of the molecule is OC[C@H]1O[C@@H](c2ccc(Cl)c(Cc3cc4c(s3)CCCC4)c2)[C@H](O)[C@@H](O)[C@@H]1O. The van der Waals surface area contributed by atoms with E-state index >= 15 is 0 Å². The second kappa shape index (κ2) is 8.40. The normalized spacial score (nSPS) is 30.2. The predicted octanol–water partition coefficient (Wildman–Crippen LogP) is 2.39. The molecule has 2 aliphatic rings. The molecule has 1 aliphatic carbocycles. The van der Waals surface area contributed by atoms with Gasteiger partial charge in [0.25, 0.3) is 0 Å². The second-order valence-corrected chi connectivity index (χ2v) is 9.27. The van der Waals surface area contributed by atoms with Crippen LogP contribution in [-0.4, -0.2) is 51.4 Å². The van der Waals surface area contributed by atoms with Gasteiger partial charge in [-0.15, -0.1) is 11.3 Å². The first-order valence-corrected chi connectivity index (χ1v) is 10.9. The monoisotopic (exact) mass is 424 g/mol. The van der Waals surface area contributed by atoms with Crippen LogP contribution in [0.1, 0.15) is 45.4 Å². The zero-order valence-electron chi connectivity index (χ0n) is 15.4. The van der Waals surface area contributed by atoms with E-state index in [-0.39, 0.29) is 0 Å². The Kier molecular flexibility index (Phi) is 6.09. The van der Waals surface area contributed by atoms with E-state index in [0.717, 1.165) is 18.4 Å². The van der Waals surface area contributed by atoms with Gasteiger partial charge in [0.05, 0.1) is 6.61 Å². The summed E-state index contributed by atoms with van der Waals surface area (Å²) in [6.45, 7) is -0.442. The number of aliphatic hydroxyl groups is 4. The molecule has 1 aromatic heterocycles. The molecule has 1 aromatic carbocycles. The van der Waals surface area contributed by atoms with Gasteiger partial charge in [0.1, 0.15) is 30.5 Å². The van der Waals surface area contributed by atoms with Gasteiger partial charge < -0.3 is 25.2 Å². The number of aliphatic hydroxyl groups excluding tert-OH is 4. The molecular formula is C21H25ClO5S. The molecule has 28 heavy (non-hydrogen) atoms. The van der Waals surface area contributed by atoms with Gasteiger partial charge in [0, 0.05) is 21.2 Å². The number of benzene rings is 1. The number of aryl methyl sites for hydroxylation is 2. The van der Waals surface area contributed by atoms with Crippen LogP contribution in [0.15, 0.2) is 24.3 Å². The highest BCUT2D eigenvalue weighted by atomic mass is 35.5. The maximum atomic E-state index is 10.4. The molecule has 2 aromatic rings. The van der Waals surface area contributed by atoms with E-state index in [4.69, 9.17) is 16.3 Å². The molecule has 0 unspecified atom stereocenters. The van der Waals surface area contributed by atoms with Crippen LogP contribution in [0.2, 0.25) is 5.02 Å². The molecule has 0 saturated carbocycles. The van der Waals surface area contributed by atoms with E-state index in [2.05, 4.69) is 6.07 Å². The van der Waals surface area contributed by atoms with Gasteiger partial charge in [-0.2, -0.15) is 0 Å². The van der Waals surface area contributed by atoms with Crippen molar-refractivity contribution in [3.8, 4) is 0 Å². The minimum absolute atomic E-state index is 0.442. The zero-order valence-corrected chi connectivity index (χ0v) is 17.0. The van der Waals surface area contributed by atoms with E-state index in [1.54, 1.807) is 12.1 Å². The summed E-state index contributed by atoms with van der Waals surface area (Å²) in [5, 5.41) is 40.5. The molecule has 1 saturated heterocycles. The average molecular weight is 425 g/mol. The summed E-state index contributed by atoms with van der Waals surface area (Å²) >= 11 is 8.27. The summed E-state index contributed by atoms with van der Waals surface area (Å²) in [6.07, 6.45) is -0.322. The largest absolute Gasteiger partial charge is 0.394 e. The van der Waals surface area contributed by atoms with Crippen LogP contribution in [0.5, 0.6) is 0 Å². The molecule has 4 N–H and O–H groups in total. The third kappa shape index (κ3) is 3.87. The van der Waals surface area contributed by atoms with Crippen LogP contribution < -0.4 is 0 Å². The first-order valence-electron chi connectivity index (χ1n) is 9.67. The van der Waals surface area contributed by atoms with Crippen molar-refractivity contribution in [2.75, 3.05) is 6.61 Å². The lowest BCUT2D eigenvalue weighted by Crippen LogP contribution is -2.55. The summed E-state index contributed by atoms with van der Waals surface area (Å²) < 4.78 is 5.68. The van der Waals surface area contributed by atoms with Crippen molar-refractivity contribution in [2.24, 2.45) is 0 Å². The number of hydrogen-bond acceptors (Lipinski definition) is 6. The Bertz CT molecular complexity index is 813. The molecular weight excluding hydrogens is 400 g/mol. The Morgan fingerprint density at radius 2 is 1.82 bits per heavy atom. The van der Waals surface area contributed by atoms with Gasteiger partial charge in [0.2, 0.25) is 0 Å². The number of hydrogen-bond donors (Lipinski definition) is 4. The van der Waals surface area contributed by atoms with Crippen LogP contribution in [0.4, 0.5) is 0 Å². The standard InChI is InChI=1S/C21H25ClO5S/c22-15-6-5-12(21-20(26)19(25)18(24)16(10-23)27-21)7-13(15)9-14-8-11-3-1-2-4-17(11)28-14/h5-8,16,18-21,23-26H,1-4,9-10H2/t16-,18-,19+,20-,21+/m1/s1. The zero-order chi connectivity index (χ0) is 19.8. The molecule has 0 bridgehead atoms. The smallest absolute Gasteiger partial charge is 0.113 e. The summed E-state index contributed by atoms with van der Waals surface area (Å²) in [5.74, 6) is 0. The fraction of sp³-hybridized carbons (Fsp3) is 0.524. The molecule has 0 amide bonds. The molecule has 2 heterocycles. The topological polar surface area (TPSA) is 90.2 Å². The highest BCUT2D eigenvalue weighted by Crippen LogP contribution is 2.36. The summed E-state index contributed by atoms with van der Waals surface area (Å²) in [5.41, 5.74) is 3.04. The van der Waals surface area contributed by atoms with Gasteiger partial charge >= 0.3 is 0 Å². The molecule has 1 fully saturated rings. The number of thiophene rings is 1. The number of halogens is 1. The van der Waals surface area contributed by atoms with Crippen LogP contribution in [0, 0.1) is 0 Å². The summed E-state index contributed by atoms with van der Waals surface area (Å²) in [4.78, 5) is 2.74. The third-order valence-corrected chi connectivity index (χ3v) is 7.31. The van der Waals surface area contributed by atoms with Gasteiger partial charge in [-0.05, 0) is 54.5 Å². The Hall–Kier alpha value is -0.990. The predicted molar refractivity (Wildman–Crippen MR) is 108 cm³/mol. The summed E-state index contributed by atoms with van der Waals surface area (Å²) in [6, 6.07) is 7.67. The lowest BCUT2D eigenvalue weighted by molar-refractivity contribution is -0.231. The van der Waals surface area contributed by atoms with Crippen molar-refractivity contribution in [2.45, 2.75) is 62.6 Å². The van der Waals surface area contributed by atoms with Crippen LogP contribution >= 0.6 is 22.9 Å². The maximum Gasteiger partial charge on any atom is 0.113 e. The van der Waals surface area contributed by atoms with Gasteiger partial charge in [-0.1, -0.05) is 23.7 Å². The first kappa shape index (κ1) is 20.3. The second-order valence-electron chi connectivity index (χ2n) is 7.65. The van der Waals surface area contributed by atoms with Crippen molar-refractivity contribution >= 4 is 22.9 Å². The molecule has 5 atom stereocenters. The van der Waals surface area contributed by atoms with E-state index in [1.807, 2.05) is 17.4 Å². The third-order valence-electron chi connectivity index (χ3n) is 5.70. The maximum absolute atomic E-state index is 10.4. The lowest BCUT2D eigenvalue weighted by Gasteiger charge is -2.40. The van der Waals surface area contributed by atoms with E-state index in [1.165, 1.54) is 28.2 Å². The number of rotatable bonds is 4. The van der Waals surface area contributed by atoms with Crippen molar-refractivity contribution in [1.82, 2.24) is 0 Å². The fourth-order valence-corrected chi connectivity index (χ4v) is 5.58. The molecule has 0 spiro atoms. The number of ether oxygens (including phenoxy) is 1. The van der Waals surface area contributed by atoms with E-state index in [9.17, 15) is 20.4 Å². The quantitative estimate of drug-likeness (QED) is 0.605. The fourth-order valence-electron chi connectivity index (χ4n) is 4.11. The van der Waals surface area contributed by atoms with Crippen LogP contribution in [-0.2, 0) is 24.0 Å². The molecule has 4 rings (SSSR count). The Morgan fingerprint density at radius 1 is 1.04 bits per heavy atom. The number of fused-ring (bicyclic) bond motifs is 1. The van der Waals surface area contributed by atoms with Crippen LogP contribution in [0.3, 0.4) is 0 Å². The minimum atomic E-state index is -1.39. The Labute approximate surface area is 173 Å². The lowest BCUT2D eigenvalue weighted by atomic mass is 9.90. The Balaban J connectivity index is 1.59. The Morgan fingerprint density at radius 3 is 2.57 bits per heavy atom. The first-order chi connectivity index (χ1) is 13.5. The van der Waals surface area contributed by atoms with Crippen molar-refractivity contribution in [3.63, 3.8) is 0 Å². The van der Waals surface area contributed by atoms with Crippen LogP contribution in [0.25, 0.3) is 0 Å². The summed E-state index contributed by atoms with van der Waals surface area (Å²) in [7, 11) is 0. The van der Waals surface area contributed by atoms with Gasteiger partial charge in [-0.3, -0.25) is 0 Å². The molecule has 5 nitrogen and oxygen atoms in total. The van der Waals surface area contributed by atoms with E-state index < -0.39 is 37.1 Å².